The molecule has 0 atom stereocenters. The lowest BCUT2D eigenvalue weighted by Gasteiger charge is -2.02. The Morgan fingerprint density at radius 3 is 3.12 bits per heavy atom. The summed E-state index contributed by atoms with van der Waals surface area (Å²) in [6.07, 6.45) is 1.97. The fraction of sp³-hybridized carbons (Fsp3) is 0.300. The normalized spacial score (nSPS) is 10.8. The molecule has 6 heteroatoms. The molecule has 0 fully saturated rings. The fourth-order valence-corrected chi connectivity index (χ4v) is 2.23. The summed E-state index contributed by atoms with van der Waals surface area (Å²) >= 11 is 1.36. The molecule has 0 radical (unpaired) electrons. The number of fused-ring (bicyclic) bond motifs is 1. The summed E-state index contributed by atoms with van der Waals surface area (Å²) in [5.41, 5.74) is 0.606. The van der Waals surface area contributed by atoms with Crippen LogP contribution in [0.3, 0.4) is 0 Å². The van der Waals surface area contributed by atoms with Crippen molar-refractivity contribution in [2.24, 2.45) is 0 Å². The van der Waals surface area contributed by atoms with Gasteiger partial charge in [0.25, 0.3) is 5.56 Å². The first-order valence-corrected chi connectivity index (χ1v) is 5.71. The van der Waals surface area contributed by atoms with Gasteiger partial charge in [-0.1, -0.05) is 0 Å². The van der Waals surface area contributed by atoms with Crippen LogP contribution in [0, 0.1) is 0 Å². The lowest BCUT2D eigenvalue weighted by molar-refractivity contribution is -0.137. The molecule has 0 aliphatic heterocycles. The van der Waals surface area contributed by atoms with Crippen molar-refractivity contribution < 1.29 is 9.90 Å². The molecule has 2 rings (SSSR count). The van der Waals surface area contributed by atoms with E-state index in [1.807, 2.05) is 5.38 Å². The Labute approximate surface area is 95.0 Å². The van der Waals surface area contributed by atoms with E-state index in [9.17, 15) is 9.59 Å². The number of hydrogen-bond donors (Lipinski definition) is 1. The molecule has 1 N–H and O–H groups in total. The third kappa shape index (κ3) is 2.11. The van der Waals surface area contributed by atoms with E-state index in [-0.39, 0.29) is 12.0 Å². The average Bonchev–Trinajstić information content (AvgIpc) is 2.69. The number of carbonyl (C=O) groups is 1. The molecule has 0 unspecified atom stereocenters. The number of aromatic nitrogens is 2. The molecule has 0 bridgehead atoms. The lowest BCUT2D eigenvalue weighted by atomic mass is 10.3. The molecular formula is C10H10N2O3S. The van der Waals surface area contributed by atoms with Gasteiger partial charge in [0.2, 0.25) is 0 Å². The highest BCUT2D eigenvalue weighted by Gasteiger charge is 2.05. The number of rotatable bonds is 4. The predicted molar refractivity (Wildman–Crippen MR) is 60.7 cm³/mol. The minimum atomic E-state index is -0.849. The van der Waals surface area contributed by atoms with Gasteiger partial charge in [-0.2, -0.15) is 0 Å². The van der Waals surface area contributed by atoms with Crippen molar-refractivity contribution >= 4 is 27.5 Å². The Morgan fingerprint density at radius 1 is 1.56 bits per heavy atom. The second-order valence-electron chi connectivity index (χ2n) is 3.38. The molecule has 0 saturated carbocycles. The van der Waals surface area contributed by atoms with Crippen LogP contribution in [0.4, 0.5) is 0 Å². The fourth-order valence-electron chi connectivity index (χ4n) is 1.44. The summed E-state index contributed by atoms with van der Waals surface area (Å²) in [4.78, 5) is 26.3. The maximum absolute atomic E-state index is 11.9. The zero-order chi connectivity index (χ0) is 11.5. The van der Waals surface area contributed by atoms with Gasteiger partial charge in [-0.25, -0.2) is 4.98 Å². The Kier molecular flexibility index (Phi) is 3.00. The van der Waals surface area contributed by atoms with Gasteiger partial charge in [-0.15, -0.1) is 11.3 Å². The van der Waals surface area contributed by atoms with Crippen LogP contribution in [-0.2, 0) is 11.3 Å². The Balaban J connectivity index is 2.21. The van der Waals surface area contributed by atoms with Crippen molar-refractivity contribution in [2.75, 3.05) is 0 Å². The van der Waals surface area contributed by atoms with Crippen LogP contribution in [0.2, 0.25) is 0 Å². The van der Waals surface area contributed by atoms with E-state index >= 15 is 0 Å². The van der Waals surface area contributed by atoms with Crippen LogP contribution < -0.4 is 5.56 Å². The summed E-state index contributed by atoms with van der Waals surface area (Å²) in [7, 11) is 0. The van der Waals surface area contributed by atoms with Gasteiger partial charge in [-0.3, -0.25) is 14.2 Å². The summed E-state index contributed by atoms with van der Waals surface area (Å²) in [6, 6.07) is 1.79. The zero-order valence-corrected chi connectivity index (χ0v) is 9.24. The smallest absolute Gasteiger partial charge is 0.303 e. The molecule has 2 heterocycles. The topological polar surface area (TPSA) is 72.2 Å². The lowest BCUT2D eigenvalue weighted by Crippen LogP contribution is -2.20. The largest absolute Gasteiger partial charge is 0.481 e. The van der Waals surface area contributed by atoms with E-state index in [1.165, 1.54) is 22.2 Å². The van der Waals surface area contributed by atoms with Gasteiger partial charge in [0.1, 0.15) is 4.70 Å². The van der Waals surface area contributed by atoms with Gasteiger partial charge in [0.05, 0.1) is 11.8 Å². The molecule has 0 amide bonds. The second-order valence-corrected chi connectivity index (χ2v) is 4.29. The summed E-state index contributed by atoms with van der Waals surface area (Å²) in [5, 5.41) is 10.3. The van der Waals surface area contributed by atoms with E-state index in [0.29, 0.717) is 23.2 Å². The van der Waals surface area contributed by atoms with Crippen molar-refractivity contribution in [2.45, 2.75) is 19.4 Å². The number of aryl methyl sites for hydroxylation is 1. The molecule has 16 heavy (non-hydrogen) atoms. The zero-order valence-electron chi connectivity index (χ0n) is 8.42. The summed E-state index contributed by atoms with van der Waals surface area (Å²) < 4.78 is 2.08. The molecular weight excluding hydrogens is 228 g/mol. The van der Waals surface area contributed by atoms with Gasteiger partial charge in [0, 0.05) is 13.0 Å². The molecule has 2 aromatic heterocycles. The van der Waals surface area contributed by atoms with E-state index in [0.717, 1.165) is 0 Å². The molecule has 2 aromatic rings. The predicted octanol–water partition coefficient (Wildman–Crippen LogP) is 1.32. The van der Waals surface area contributed by atoms with Crippen LogP contribution in [0.25, 0.3) is 10.2 Å². The maximum Gasteiger partial charge on any atom is 0.303 e. The Morgan fingerprint density at radius 2 is 2.38 bits per heavy atom. The van der Waals surface area contributed by atoms with Crippen LogP contribution in [0.1, 0.15) is 12.8 Å². The van der Waals surface area contributed by atoms with Gasteiger partial charge >= 0.3 is 5.97 Å². The van der Waals surface area contributed by atoms with Crippen molar-refractivity contribution in [1.29, 1.82) is 0 Å². The number of aliphatic carboxylic acids is 1. The molecule has 0 saturated heterocycles. The highest BCUT2D eigenvalue weighted by Crippen LogP contribution is 2.13. The standard InChI is InChI=1S/C10H10N2O3S/c13-8(14)2-1-4-12-6-11-7-3-5-16-9(7)10(12)15/h3,5-6H,1-2,4H2,(H,13,14). The van der Waals surface area contributed by atoms with Crippen molar-refractivity contribution in [1.82, 2.24) is 9.55 Å². The van der Waals surface area contributed by atoms with Crippen molar-refractivity contribution in [3.8, 4) is 0 Å². The van der Waals surface area contributed by atoms with Gasteiger partial charge < -0.3 is 5.11 Å². The minimum absolute atomic E-state index is 0.0644. The number of carboxylic acids is 1. The number of carboxylic acid groups (broad SMARTS) is 1. The van der Waals surface area contributed by atoms with Crippen LogP contribution in [0.15, 0.2) is 22.6 Å². The maximum atomic E-state index is 11.9. The van der Waals surface area contributed by atoms with Crippen molar-refractivity contribution in [3.63, 3.8) is 0 Å². The molecule has 0 aliphatic carbocycles. The molecule has 0 aliphatic rings. The van der Waals surface area contributed by atoms with Gasteiger partial charge in [-0.05, 0) is 17.9 Å². The number of hydrogen-bond acceptors (Lipinski definition) is 4. The Hall–Kier alpha value is -1.69. The van der Waals surface area contributed by atoms with Crippen LogP contribution >= 0.6 is 11.3 Å². The Bertz CT molecular complexity index is 573. The first kappa shape index (κ1) is 10.8. The molecule has 84 valence electrons. The third-order valence-corrected chi connectivity index (χ3v) is 3.12. The summed E-state index contributed by atoms with van der Waals surface area (Å²) in [5.74, 6) is -0.849. The molecule has 0 aromatic carbocycles. The van der Waals surface area contributed by atoms with E-state index in [4.69, 9.17) is 5.11 Å². The SMILES string of the molecule is O=C(O)CCCn1cnc2ccsc2c1=O. The van der Waals surface area contributed by atoms with E-state index < -0.39 is 5.97 Å². The highest BCUT2D eigenvalue weighted by molar-refractivity contribution is 7.17. The van der Waals surface area contributed by atoms with Crippen LogP contribution in [-0.4, -0.2) is 20.6 Å². The highest BCUT2D eigenvalue weighted by atomic mass is 32.1. The first-order chi connectivity index (χ1) is 7.68. The first-order valence-electron chi connectivity index (χ1n) is 4.83. The summed E-state index contributed by atoms with van der Waals surface area (Å²) in [6.45, 7) is 0.395. The van der Waals surface area contributed by atoms with E-state index in [1.54, 1.807) is 6.07 Å². The molecule has 0 spiro atoms. The number of thiophene rings is 1. The minimum Gasteiger partial charge on any atom is -0.481 e. The third-order valence-electron chi connectivity index (χ3n) is 2.23. The second kappa shape index (κ2) is 4.44. The quantitative estimate of drug-likeness (QED) is 0.872. The van der Waals surface area contributed by atoms with E-state index in [2.05, 4.69) is 4.98 Å². The van der Waals surface area contributed by atoms with Gasteiger partial charge in [0.15, 0.2) is 0 Å². The molecule has 5 nitrogen and oxygen atoms in total. The van der Waals surface area contributed by atoms with Crippen molar-refractivity contribution in [3.05, 3.63) is 28.1 Å². The number of nitrogens with zero attached hydrogens (tertiary/aromatic N) is 2. The van der Waals surface area contributed by atoms with Crippen LogP contribution in [0.5, 0.6) is 0 Å². The monoisotopic (exact) mass is 238 g/mol. The average molecular weight is 238 g/mol.